The van der Waals surface area contributed by atoms with Crippen LogP contribution in [0.4, 0.5) is 5.13 Å². The topological polar surface area (TPSA) is 57.3 Å². The number of nitrogens with zero attached hydrogens (tertiary/aromatic N) is 2. The third-order valence-corrected chi connectivity index (χ3v) is 4.10. The van der Waals surface area contributed by atoms with E-state index in [9.17, 15) is 4.79 Å². The summed E-state index contributed by atoms with van der Waals surface area (Å²) < 4.78 is 0. The zero-order chi connectivity index (χ0) is 13.0. The van der Waals surface area contributed by atoms with Gasteiger partial charge in [0.15, 0.2) is 5.13 Å². The van der Waals surface area contributed by atoms with Gasteiger partial charge in [0.1, 0.15) is 0 Å². The minimum absolute atomic E-state index is 0.0304. The highest BCUT2D eigenvalue weighted by Crippen LogP contribution is 2.28. The van der Waals surface area contributed by atoms with E-state index in [-0.39, 0.29) is 5.91 Å². The standard InChI is InChI=1S/C12H20N4OS/c1-3-16-7-5-9-10(8-16)18-12(14-9)15-11(17)4-6-13-2/h13H,3-8H2,1-2H3,(H,14,15,17). The SMILES string of the molecule is CCN1CCc2nc(NC(=O)CCNC)sc2C1. The Morgan fingerprint density at radius 3 is 3.11 bits per heavy atom. The molecule has 1 aliphatic heterocycles. The van der Waals surface area contributed by atoms with Crippen molar-refractivity contribution in [3.8, 4) is 0 Å². The van der Waals surface area contributed by atoms with E-state index in [0.717, 1.165) is 36.9 Å². The van der Waals surface area contributed by atoms with Crippen LogP contribution in [0, 0.1) is 0 Å². The summed E-state index contributed by atoms with van der Waals surface area (Å²) in [5, 5.41) is 6.59. The summed E-state index contributed by atoms with van der Waals surface area (Å²) in [6, 6.07) is 0. The first kappa shape index (κ1) is 13.5. The molecule has 0 radical (unpaired) electrons. The molecule has 1 aromatic rings. The quantitative estimate of drug-likeness (QED) is 0.839. The number of nitrogens with one attached hydrogen (secondary N) is 2. The Kier molecular flexibility index (Phi) is 4.68. The van der Waals surface area contributed by atoms with Crippen LogP contribution in [0.1, 0.15) is 23.9 Å². The molecule has 0 unspecified atom stereocenters. The fraction of sp³-hybridized carbons (Fsp3) is 0.667. The Balaban J connectivity index is 1.95. The van der Waals surface area contributed by atoms with E-state index in [1.165, 1.54) is 4.88 Å². The summed E-state index contributed by atoms with van der Waals surface area (Å²) in [5.74, 6) is 0.0304. The van der Waals surface area contributed by atoms with Crippen LogP contribution in [0.25, 0.3) is 0 Å². The summed E-state index contributed by atoms with van der Waals surface area (Å²) in [7, 11) is 1.84. The van der Waals surface area contributed by atoms with Gasteiger partial charge in [-0.3, -0.25) is 9.69 Å². The highest BCUT2D eigenvalue weighted by atomic mass is 32.1. The molecule has 18 heavy (non-hydrogen) atoms. The van der Waals surface area contributed by atoms with E-state index < -0.39 is 0 Å². The van der Waals surface area contributed by atoms with Crippen molar-refractivity contribution in [2.24, 2.45) is 0 Å². The number of amides is 1. The van der Waals surface area contributed by atoms with E-state index >= 15 is 0 Å². The van der Waals surface area contributed by atoms with Gasteiger partial charge in [-0.15, -0.1) is 11.3 Å². The van der Waals surface area contributed by atoms with Crippen molar-refractivity contribution >= 4 is 22.4 Å². The third kappa shape index (κ3) is 3.28. The zero-order valence-electron chi connectivity index (χ0n) is 11.0. The van der Waals surface area contributed by atoms with Gasteiger partial charge in [0.05, 0.1) is 5.69 Å². The predicted molar refractivity (Wildman–Crippen MR) is 73.9 cm³/mol. The third-order valence-electron chi connectivity index (χ3n) is 3.11. The van der Waals surface area contributed by atoms with Crippen LogP contribution >= 0.6 is 11.3 Å². The number of rotatable bonds is 5. The average molecular weight is 268 g/mol. The largest absolute Gasteiger partial charge is 0.319 e. The number of fused-ring (bicyclic) bond motifs is 1. The summed E-state index contributed by atoms with van der Waals surface area (Å²) in [6.45, 7) is 5.98. The van der Waals surface area contributed by atoms with Gasteiger partial charge < -0.3 is 10.6 Å². The van der Waals surface area contributed by atoms with E-state index in [0.29, 0.717) is 13.0 Å². The maximum Gasteiger partial charge on any atom is 0.227 e. The molecule has 100 valence electrons. The molecule has 2 rings (SSSR count). The van der Waals surface area contributed by atoms with Crippen molar-refractivity contribution in [3.63, 3.8) is 0 Å². The summed E-state index contributed by atoms with van der Waals surface area (Å²) >= 11 is 1.61. The number of carbonyl (C=O) groups excluding carboxylic acids is 1. The highest BCUT2D eigenvalue weighted by molar-refractivity contribution is 7.15. The molecule has 0 aromatic carbocycles. The van der Waals surface area contributed by atoms with Crippen molar-refractivity contribution < 1.29 is 4.79 Å². The Hall–Kier alpha value is -0.980. The van der Waals surface area contributed by atoms with Gasteiger partial charge in [-0.1, -0.05) is 6.92 Å². The van der Waals surface area contributed by atoms with Crippen LogP contribution in [0.2, 0.25) is 0 Å². The molecule has 1 amide bonds. The van der Waals surface area contributed by atoms with Gasteiger partial charge in [-0.25, -0.2) is 4.98 Å². The average Bonchev–Trinajstić information content (AvgIpc) is 2.77. The van der Waals surface area contributed by atoms with Gasteiger partial charge >= 0.3 is 0 Å². The van der Waals surface area contributed by atoms with Gasteiger partial charge in [0, 0.05) is 37.4 Å². The van der Waals surface area contributed by atoms with Gasteiger partial charge in [-0.05, 0) is 13.6 Å². The molecule has 1 aliphatic rings. The van der Waals surface area contributed by atoms with Crippen molar-refractivity contribution in [2.75, 3.05) is 32.0 Å². The zero-order valence-corrected chi connectivity index (χ0v) is 11.8. The fourth-order valence-electron chi connectivity index (χ4n) is 1.99. The minimum atomic E-state index is 0.0304. The first-order valence-electron chi connectivity index (χ1n) is 6.38. The van der Waals surface area contributed by atoms with Crippen LogP contribution in [-0.2, 0) is 17.8 Å². The second-order valence-electron chi connectivity index (χ2n) is 4.41. The van der Waals surface area contributed by atoms with Crippen molar-refractivity contribution in [2.45, 2.75) is 26.3 Å². The number of carbonyl (C=O) groups is 1. The van der Waals surface area contributed by atoms with E-state index in [1.54, 1.807) is 11.3 Å². The molecule has 6 heteroatoms. The summed E-state index contributed by atoms with van der Waals surface area (Å²) in [4.78, 5) is 19.8. The Morgan fingerprint density at radius 2 is 2.39 bits per heavy atom. The van der Waals surface area contributed by atoms with Crippen LogP contribution < -0.4 is 10.6 Å². The van der Waals surface area contributed by atoms with E-state index in [4.69, 9.17) is 0 Å². The molecule has 0 atom stereocenters. The summed E-state index contributed by atoms with van der Waals surface area (Å²) in [6.07, 6.45) is 1.48. The first-order valence-corrected chi connectivity index (χ1v) is 7.20. The van der Waals surface area contributed by atoms with Gasteiger partial charge in [-0.2, -0.15) is 0 Å². The molecule has 0 fully saturated rings. The lowest BCUT2D eigenvalue weighted by Crippen LogP contribution is -2.29. The molecular weight excluding hydrogens is 248 g/mol. The van der Waals surface area contributed by atoms with Crippen molar-refractivity contribution in [1.29, 1.82) is 0 Å². The second-order valence-corrected chi connectivity index (χ2v) is 5.49. The Morgan fingerprint density at radius 1 is 1.56 bits per heavy atom. The molecule has 1 aromatic heterocycles. The van der Waals surface area contributed by atoms with Crippen LogP contribution in [0.5, 0.6) is 0 Å². The number of likely N-dealkylation sites (N-methyl/N-ethyl adjacent to an activating group) is 1. The number of aromatic nitrogens is 1. The lowest BCUT2D eigenvalue weighted by Gasteiger charge is -2.23. The smallest absolute Gasteiger partial charge is 0.227 e. The molecule has 0 bridgehead atoms. The molecular formula is C12H20N4OS. The molecule has 2 N–H and O–H groups in total. The molecule has 0 spiro atoms. The van der Waals surface area contributed by atoms with Crippen molar-refractivity contribution in [3.05, 3.63) is 10.6 Å². The monoisotopic (exact) mass is 268 g/mol. The number of hydrogen-bond donors (Lipinski definition) is 2. The van der Waals surface area contributed by atoms with Crippen molar-refractivity contribution in [1.82, 2.24) is 15.2 Å². The lowest BCUT2D eigenvalue weighted by molar-refractivity contribution is -0.116. The van der Waals surface area contributed by atoms with E-state index in [1.807, 2.05) is 7.05 Å². The minimum Gasteiger partial charge on any atom is -0.319 e. The van der Waals surface area contributed by atoms with Gasteiger partial charge in [0.2, 0.25) is 5.91 Å². The Labute approximate surface area is 112 Å². The number of thiazole rings is 1. The van der Waals surface area contributed by atoms with Crippen LogP contribution in [0.3, 0.4) is 0 Å². The Bertz CT molecular complexity index is 418. The second kappa shape index (κ2) is 6.26. The highest BCUT2D eigenvalue weighted by Gasteiger charge is 2.20. The normalized spacial score (nSPS) is 15.4. The number of anilines is 1. The molecule has 0 saturated carbocycles. The molecule has 0 saturated heterocycles. The van der Waals surface area contributed by atoms with Crippen LogP contribution in [-0.4, -0.2) is 42.5 Å². The van der Waals surface area contributed by atoms with Crippen LogP contribution in [0.15, 0.2) is 0 Å². The van der Waals surface area contributed by atoms with E-state index in [2.05, 4.69) is 27.4 Å². The molecule has 5 nitrogen and oxygen atoms in total. The number of hydrogen-bond acceptors (Lipinski definition) is 5. The summed E-state index contributed by atoms with van der Waals surface area (Å²) in [5.41, 5.74) is 1.16. The first-order chi connectivity index (χ1) is 8.72. The molecule has 0 aliphatic carbocycles. The maximum absolute atomic E-state index is 11.6. The maximum atomic E-state index is 11.6. The lowest BCUT2D eigenvalue weighted by atomic mass is 10.2. The van der Waals surface area contributed by atoms with Gasteiger partial charge in [0.25, 0.3) is 0 Å². The fourth-order valence-corrected chi connectivity index (χ4v) is 3.06. The predicted octanol–water partition coefficient (Wildman–Crippen LogP) is 1.07. The molecule has 2 heterocycles.